The number of oxime groups is 2. The summed E-state index contributed by atoms with van der Waals surface area (Å²) in [6, 6.07) is 0. The molecule has 0 aliphatic heterocycles. The average molecular weight is 210 g/mol. The largest absolute Gasteiger partial charge is 0.411 e. The van der Waals surface area contributed by atoms with Gasteiger partial charge in [-0.05, 0) is 18.3 Å². The van der Waals surface area contributed by atoms with Crippen molar-refractivity contribution in [1.82, 2.24) is 0 Å². The third kappa shape index (κ3) is 1.08. The molecule has 0 heterocycles. The van der Waals surface area contributed by atoms with Gasteiger partial charge >= 0.3 is 0 Å². The molecule has 4 nitrogen and oxygen atoms in total. The van der Waals surface area contributed by atoms with Crippen LogP contribution in [0.15, 0.2) is 10.3 Å². The van der Waals surface area contributed by atoms with Gasteiger partial charge in [0.25, 0.3) is 0 Å². The fraction of sp³-hybridized carbons (Fsp3) is 0.818. The Morgan fingerprint density at radius 3 is 2.40 bits per heavy atom. The Morgan fingerprint density at radius 2 is 1.87 bits per heavy atom. The zero-order chi connectivity index (χ0) is 11.3. The van der Waals surface area contributed by atoms with Crippen molar-refractivity contribution < 1.29 is 10.4 Å². The Balaban J connectivity index is 2.54. The molecule has 0 amide bonds. The van der Waals surface area contributed by atoms with Gasteiger partial charge in [0.15, 0.2) is 0 Å². The van der Waals surface area contributed by atoms with Gasteiger partial charge in [0.05, 0.1) is 11.4 Å². The lowest BCUT2D eigenvalue weighted by atomic mass is 9.57. The van der Waals surface area contributed by atoms with E-state index in [0.717, 1.165) is 24.3 Å². The highest BCUT2D eigenvalue weighted by atomic mass is 16.4. The Hall–Kier alpha value is -1.06. The Bertz CT molecular complexity index is 346. The lowest BCUT2D eigenvalue weighted by Crippen LogP contribution is -2.48. The van der Waals surface area contributed by atoms with Gasteiger partial charge in [-0.1, -0.05) is 31.1 Å². The number of hydrogen-bond donors (Lipinski definition) is 2. The highest BCUT2D eigenvalue weighted by molar-refractivity contribution is 6.11. The lowest BCUT2D eigenvalue weighted by molar-refractivity contribution is 0.164. The van der Waals surface area contributed by atoms with Crippen molar-refractivity contribution in [2.24, 2.45) is 27.1 Å². The van der Waals surface area contributed by atoms with Crippen LogP contribution in [-0.2, 0) is 0 Å². The van der Waals surface area contributed by atoms with Crippen LogP contribution >= 0.6 is 0 Å². The SMILES string of the molecule is CC1(C)[C@@H]2CC[C@]1(C)/C(=N\O)CC2=NO. The summed E-state index contributed by atoms with van der Waals surface area (Å²) in [5.41, 5.74) is 1.48. The minimum atomic E-state index is -0.0550. The Morgan fingerprint density at radius 1 is 1.20 bits per heavy atom. The fourth-order valence-corrected chi connectivity index (χ4v) is 3.34. The van der Waals surface area contributed by atoms with E-state index < -0.39 is 0 Å². The molecular formula is C11H18N2O2. The molecule has 0 spiro atoms. The van der Waals surface area contributed by atoms with Crippen LogP contribution in [0.2, 0.25) is 0 Å². The summed E-state index contributed by atoms with van der Waals surface area (Å²) in [6.07, 6.45) is 2.53. The molecule has 15 heavy (non-hydrogen) atoms. The second kappa shape index (κ2) is 2.97. The van der Waals surface area contributed by atoms with Gasteiger partial charge in [-0.3, -0.25) is 0 Å². The highest BCUT2D eigenvalue weighted by Crippen LogP contribution is 2.60. The molecule has 0 aromatic rings. The molecule has 2 bridgehead atoms. The minimum Gasteiger partial charge on any atom is -0.411 e. The topological polar surface area (TPSA) is 65.2 Å². The van der Waals surface area contributed by atoms with E-state index in [0.29, 0.717) is 12.3 Å². The smallest absolute Gasteiger partial charge is 0.0692 e. The van der Waals surface area contributed by atoms with Crippen LogP contribution in [0.4, 0.5) is 0 Å². The maximum absolute atomic E-state index is 9.07. The lowest BCUT2D eigenvalue weighted by Gasteiger charge is -2.46. The van der Waals surface area contributed by atoms with Crippen LogP contribution in [0.5, 0.6) is 0 Å². The molecule has 0 radical (unpaired) electrons. The van der Waals surface area contributed by atoms with E-state index in [1.807, 2.05) is 0 Å². The van der Waals surface area contributed by atoms with Crippen LogP contribution in [-0.4, -0.2) is 21.8 Å². The van der Waals surface area contributed by atoms with Gasteiger partial charge in [-0.15, -0.1) is 0 Å². The van der Waals surface area contributed by atoms with Crippen LogP contribution in [0.1, 0.15) is 40.0 Å². The molecule has 0 saturated heterocycles. The predicted molar refractivity (Wildman–Crippen MR) is 57.7 cm³/mol. The van der Waals surface area contributed by atoms with Crippen molar-refractivity contribution >= 4 is 11.4 Å². The van der Waals surface area contributed by atoms with Crippen molar-refractivity contribution in [1.29, 1.82) is 0 Å². The van der Waals surface area contributed by atoms with Crippen molar-refractivity contribution in [2.45, 2.75) is 40.0 Å². The zero-order valence-corrected chi connectivity index (χ0v) is 9.49. The Kier molecular flexibility index (Phi) is 2.07. The molecule has 84 valence electrons. The quantitative estimate of drug-likeness (QED) is 0.476. The maximum atomic E-state index is 9.07. The molecule has 2 saturated carbocycles. The number of nitrogens with zero attached hydrogens (tertiary/aromatic N) is 2. The molecule has 2 atom stereocenters. The monoisotopic (exact) mass is 210 g/mol. The molecule has 0 unspecified atom stereocenters. The van der Waals surface area contributed by atoms with Crippen molar-refractivity contribution in [3.63, 3.8) is 0 Å². The van der Waals surface area contributed by atoms with Crippen molar-refractivity contribution in [3.05, 3.63) is 0 Å². The van der Waals surface area contributed by atoms with E-state index in [-0.39, 0.29) is 10.8 Å². The third-order valence-electron chi connectivity index (χ3n) is 4.86. The molecule has 2 aliphatic rings. The van der Waals surface area contributed by atoms with Gasteiger partial charge in [-0.2, -0.15) is 0 Å². The molecule has 4 heteroatoms. The first-order valence-electron chi connectivity index (χ1n) is 5.39. The van der Waals surface area contributed by atoms with E-state index in [9.17, 15) is 0 Å². The van der Waals surface area contributed by atoms with Gasteiger partial charge < -0.3 is 10.4 Å². The van der Waals surface area contributed by atoms with E-state index in [1.165, 1.54) is 0 Å². The molecule has 2 rings (SSSR count). The summed E-state index contributed by atoms with van der Waals surface area (Å²) in [4.78, 5) is 0. The first kappa shape index (κ1) is 10.5. The summed E-state index contributed by atoms with van der Waals surface area (Å²) >= 11 is 0. The number of hydrogen-bond acceptors (Lipinski definition) is 4. The van der Waals surface area contributed by atoms with Crippen LogP contribution in [0, 0.1) is 16.7 Å². The van der Waals surface area contributed by atoms with E-state index in [2.05, 4.69) is 31.1 Å². The van der Waals surface area contributed by atoms with Gasteiger partial charge in [0.1, 0.15) is 0 Å². The van der Waals surface area contributed by atoms with Gasteiger partial charge in [0.2, 0.25) is 0 Å². The maximum Gasteiger partial charge on any atom is 0.0692 e. The third-order valence-corrected chi connectivity index (χ3v) is 4.86. The highest BCUT2D eigenvalue weighted by Gasteiger charge is 2.59. The van der Waals surface area contributed by atoms with Crippen LogP contribution in [0.3, 0.4) is 0 Å². The van der Waals surface area contributed by atoms with E-state index in [4.69, 9.17) is 10.4 Å². The van der Waals surface area contributed by atoms with Crippen molar-refractivity contribution in [2.75, 3.05) is 0 Å². The molecule has 0 aromatic carbocycles. The summed E-state index contributed by atoms with van der Waals surface area (Å²) in [5, 5.41) is 24.9. The second-order valence-electron chi connectivity index (χ2n) is 5.46. The van der Waals surface area contributed by atoms with Crippen LogP contribution in [0.25, 0.3) is 0 Å². The molecule has 2 fully saturated rings. The van der Waals surface area contributed by atoms with Gasteiger partial charge in [-0.25, -0.2) is 0 Å². The molecular weight excluding hydrogens is 192 g/mol. The number of fused-ring (bicyclic) bond motifs is 2. The Labute approximate surface area is 89.7 Å². The average Bonchev–Trinajstić information content (AvgIpc) is 2.37. The number of rotatable bonds is 0. The molecule has 2 N–H and O–H groups in total. The van der Waals surface area contributed by atoms with Gasteiger partial charge in [0, 0.05) is 17.8 Å². The summed E-state index contributed by atoms with van der Waals surface area (Å²) < 4.78 is 0. The zero-order valence-electron chi connectivity index (χ0n) is 9.49. The first-order chi connectivity index (χ1) is 6.97. The normalized spacial score (nSPS) is 43.8. The predicted octanol–water partition coefficient (Wildman–Crippen LogP) is 2.49. The van der Waals surface area contributed by atoms with E-state index in [1.54, 1.807) is 0 Å². The summed E-state index contributed by atoms with van der Waals surface area (Å²) in [6.45, 7) is 6.48. The standard InChI is InChI=1S/C11H18N2O2/c1-10(2)7-4-5-11(10,3)9(13-15)6-8(7)12-14/h7,14-15H,4-6H2,1-3H3/b12-8?,13-9-/t7-,11-/m1/s1. The van der Waals surface area contributed by atoms with E-state index >= 15 is 0 Å². The second-order valence-corrected chi connectivity index (χ2v) is 5.46. The molecule has 0 aromatic heterocycles. The summed E-state index contributed by atoms with van der Waals surface area (Å²) in [7, 11) is 0. The fourth-order valence-electron chi connectivity index (χ4n) is 3.34. The first-order valence-corrected chi connectivity index (χ1v) is 5.39. The molecule has 2 aliphatic carbocycles. The summed E-state index contributed by atoms with van der Waals surface area (Å²) in [5.74, 6) is 0.318. The van der Waals surface area contributed by atoms with Crippen molar-refractivity contribution in [3.8, 4) is 0 Å². The minimum absolute atomic E-state index is 0.00831. The van der Waals surface area contributed by atoms with Crippen LogP contribution < -0.4 is 0 Å².